The summed E-state index contributed by atoms with van der Waals surface area (Å²) in [5.41, 5.74) is 0.712. The van der Waals surface area contributed by atoms with Gasteiger partial charge in [0.2, 0.25) is 5.95 Å². The lowest BCUT2D eigenvalue weighted by atomic mass is 10.2. The predicted octanol–water partition coefficient (Wildman–Crippen LogP) is 2.84. The van der Waals surface area contributed by atoms with Crippen LogP contribution >= 0.6 is 11.6 Å². The van der Waals surface area contributed by atoms with Gasteiger partial charge in [0, 0.05) is 31.5 Å². The Morgan fingerprint density at radius 1 is 1.29 bits per heavy atom. The summed E-state index contributed by atoms with van der Waals surface area (Å²) in [6.45, 7) is 1.29. The fraction of sp³-hybridized carbons (Fsp3) is 0.312. The summed E-state index contributed by atoms with van der Waals surface area (Å²) in [6.07, 6.45) is 2.34. The van der Waals surface area contributed by atoms with Gasteiger partial charge in [-0.25, -0.2) is 9.97 Å². The molecule has 1 aromatic heterocycles. The molecule has 0 saturated heterocycles. The van der Waals surface area contributed by atoms with Gasteiger partial charge in [-0.1, -0.05) is 11.6 Å². The number of halogens is 1. The largest absolute Gasteiger partial charge is 0.495 e. The molecule has 2 rings (SSSR count). The minimum atomic E-state index is -0.377. The summed E-state index contributed by atoms with van der Waals surface area (Å²) in [5, 5.41) is 6.27. The molecule has 24 heavy (non-hydrogen) atoms. The van der Waals surface area contributed by atoms with Gasteiger partial charge in [-0.3, -0.25) is 4.79 Å². The van der Waals surface area contributed by atoms with Gasteiger partial charge in [0.15, 0.2) is 0 Å². The summed E-state index contributed by atoms with van der Waals surface area (Å²) in [6, 6.07) is 6.51. The quantitative estimate of drug-likeness (QED) is 0.712. The highest BCUT2D eigenvalue weighted by Gasteiger charge is 2.12. The van der Waals surface area contributed by atoms with E-state index in [1.807, 2.05) is 0 Å². The van der Waals surface area contributed by atoms with Crippen molar-refractivity contribution in [3.05, 3.63) is 41.2 Å². The second-order valence-electron chi connectivity index (χ2n) is 4.84. The maximum Gasteiger partial charge on any atom is 0.274 e. The molecule has 1 heterocycles. The van der Waals surface area contributed by atoms with Crippen molar-refractivity contribution in [2.24, 2.45) is 0 Å². The molecule has 1 amide bonds. The molecule has 1 aromatic carbocycles. The number of nitrogens with one attached hydrogen (secondary N) is 2. The monoisotopic (exact) mass is 350 g/mol. The molecule has 0 aliphatic heterocycles. The van der Waals surface area contributed by atoms with Crippen molar-refractivity contribution in [2.75, 3.05) is 38.0 Å². The summed E-state index contributed by atoms with van der Waals surface area (Å²) in [4.78, 5) is 20.7. The van der Waals surface area contributed by atoms with E-state index in [1.54, 1.807) is 25.3 Å². The van der Waals surface area contributed by atoms with Gasteiger partial charge in [0.25, 0.3) is 5.91 Å². The fourth-order valence-electron chi connectivity index (χ4n) is 1.95. The molecule has 0 fully saturated rings. The number of benzene rings is 1. The molecule has 128 valence electrons. The van der Waals surface area contributed by atoms with Crippen LogP contribution in [-0.4, -0.2) is 43.2 Å². The van der Waals surface area contributed by atoms with Gasteiger partial charge in [0.1, 0.15) is 11.4 Å². The van der Waals surface area contributed by atoms with Crippen molar-refractivity contribution < 1.29 is 14.3 Å². The van der Waals surface area contributed by atoms with Gasteiger partial charge >= 0.3 is 0 Å². The van der Waals surface area contributed by atoms with E-state index >= 15 is 0 Å². The topological polar surface area (TPSA) is 85.4 Å². The Morgan fingerprint density at radius 2 is 2.12 bits per heavy atom. The Hall–Kier alpha value is -2.38. The summed E-state index contributed by atoms with van der Waals surface area (Å²) in [7, 11) is 3.16. The molecule has 0 unspecified atom stereocenters. The van der Waals surface area contributed by atoms with Gasteiger partial charge in [-0.05, 0) is 30.7 Å². The van der Waals surface area contributed by atoms with E-state index in [4.69, 9.17) is 21.1 Å². The van der Waals surface area contributed by atoms with Crippen molar-refractivity contribution >= 4 is 29.1 Å². The number of rotatable bonds is 8. The van der Waals surface area contributed by atoms with Crippen molar-refractivity contribution in [1.29, 1.82) is 0 Å². The number of aromatic nitrogens is 2. The molecule has 0 saturated carbocycles. The molecule has 8 heteroatoms. The van der Waals surface area contributed by atoms with E-state index < -0.39 is 0 Å². The van der Waals surface area contributed by atoms with Crippen LogP contribution in [0.2, 0.25) is 5.02 Å². The standard InChI is InChI=1S/C16H19ClN4O3/c1-23-9-3-7-18-16-19-8-6-12(21-16)15(22)20-13-10-11(17)4-5-14(13)24-2/h4-6,8,10H,3,7,9H2,1-2H3,(H,20,22)(H,18,19,21). The molecule has 0 aliphatic rings. The zero-order chi connectivity index (χ0) is 17.4. The highest BCUT2D eigenvalue weighted by molar-refractivity contribution is 6.31. The van der Waals surface area contributed by atoms with E-state index in [0.29, 0.717) is 35.6 Å². The number of carbonyl (C=O) groups is 1. The van der Waals surface area contributed by atoms with E-state index in [0.717, 1.165) is 6.42 Å². The molecule has 7 nitrogen and oxygen atoms in total. The number of carbonyl (C=O) groups excluding carboxylic acids is 1. The summed E-state index contributed by atoms with van der Waals surface area (Å²) >= 11 is 5.96. The lowest BCUT2D eigenvalue weighted by Crippen LogP contribution is -2.16. The van der Waals surface area contributed by atoms with E-state index in [-0.39, 0.29) is 11.6 Å². The molecular formula is C16H19ClN4O3. The zero-order valence-electron chi connectivity index (χ0n) is 13.5. The average molecular weight is 351 g/mol. The maximum absolute atomic E-state index is 12.4. The number of hydrogen-bond donors (Lipinski definition) is 2. The molecule has 0 bridgehead atoms. The zero-order valence-corrected chi connectivity index (χ0v) is 14.3. The SMILES string of the molecule is COCCCNc1nccc(C(=O)Nc2cc(Cl)ccc2OC)n1. The van der Waals surface area contributed by atoms with Gasteiger partial charge < -0.3 is 20.1 Å². The van der Waals surface area contributed by atoms with Crippen molar-refractivity contribution in [3.8, 4) is 5.75 Å². The van der Waals surface area contributed by atoms with Gasteiger partial charge in [-0.2, -0.15) is 0 Å². The molecule has 2 N–H and O–H groups in total. The van der Waals surface area contributed by atoms with Crippen LogP contribution in [0, 0.1) is 0 Å². The molecule has 0 aliphatic carbocycles. The minimum absolute atomic E-state index is 0.237. The molecule has 0 atom stereocenters. The summed E-state index contributed by atoms with van der Waals surface area (Å²) in [5.74, 6) is 0.523. The predicted molar refractivity (Wildman–Crippen MR) is 93.0 cm³/mol. The van der Waals surface area contributed by atoms with Crippen LogP contribution in [0.5, 0.6) is 5.75 Å². The Labute approximate surface area is 145 Å². The first-order chi connectivity index (χ1) is 11.6. The smallest absolute Gasteiger partial charge is 0.274 e. The highest BCUT2D eigenvalue weighted by atomic mass is 35.5. The van der Waals surface area contributed by atoms with Crippen LogP contribution in [0.1, 0.15) is 16.9 Å². The lowest BCUT2D eigenvalue weighted by Gasteiger charge is -2.11. The average Bonchev–Trinajstić information content (AvgIpc) is 2.59. The third-order valence-corrected chi connectivity index (χ3v) is 3.34. The van der Waals surface area contributed by atoms with Crippen molar-refractivity contribution in [1.82, 2.24) is 9.97 Å². The highest BCUT2D eigenvalue weighted by Crippen LogP contribution is 2.27. The van der Waals surface area contributed by atoms with Crippen LogP contribution in [0.4, 0.5) is 11.6 Å². The fourth-order valence-corrected chi connectivity index (χ4v) is 2.12. The second-order valence-corrected chi connectivity index (χ2v) is 5.27. The number of methoxy groups -OCH3 is 2. The van der Waals surface area contributed by atoms with Crippen molar-refractivity contribution in [3.63, 3.8) is 0 Å². The Balaban J connectivity index is 2.06. The Morgan fingerprint density at radius 3 is 2.88 bits per heavy atom. The molecule has 2 aromatic rings. The maximum atomic E-state index is 12.4. The normalized spacial score (nSPS) is 10.3. The number of anilines is 2. The number of amides is 1. The third-order valence-electron chi connectivity index (χ3n) is 3.11. The van der Waals surface area contributed by atoms with Gasteiger partial charge in [-0.15, -0.1) is 0 Å². The lowest BCUT2D eigenvalue weighted by molar-refractivity contribution is 0.102. The van der Waals surface area contributed by atoms with E-state index in [9.17, 15) is 4.79 Å². The molecule has 0 radical (unpaired) electrons. The number of ether oxygens (including phenoxy) is 2. The van der Waals surface area contributed by atoms with Crippen LogP contribution < -0.4 is 15.4 Å². The molecule has 0 spiro atoms. The Bertz CT molecular complexity index is 697. The van der Waals surface area contributed by atoms with Crippen molar-refractivity contribution in [2.45, 2.75) is 6.42 Å². The van der Waals surface area contributed by atoms with Crippen LogP contribution in [0.3, 0.4) is 0 Å². The van der Waals surface area contributed by atoms with Crippen LogP contribution in [0.25, 0.3) is 0 Å². The van der Waals surface area contributed by atoms with Crippen LogP contribution in [0.15, 0.2) is 30.5 Å². The summed E-state index contributed by atoms with van der Waals surface area (Å²) < 4.78 is 10.2. The van der Waals surface area contributed by atoms with E-state index in [1.165, 1.54) is 19.4 Å². The third kappa shape index (κ3) is 5.07. The first-order valence-corrected chi connectivity index (χ1v) is 7.72. The van der Waals surface area contributed by atoms with E-state index in [2.05, 4.69) is 20.6 Å². The molecular weight excluding hydrogens is 332 g/mol. The van der Waals surface area contributed by atoms with Gasteiger partial charge in [0.05, 0.1) is 12.8 Å². The number of nitrogens with zero attached hydrogens (tertiary/aromatic N) is 2. The minimum Gasteiger partial charge on any atom is -0.495 e. The van der Waals surface area contributed by atoms with Crippen LogP contribution in [-0.2, 0) is 4.74 Å². The second kappa shape index (κ2) is 9.05. The number of hydrogen-bond acceptors (Lipinski definition) is 6. The Kier molecular flexibility index (Phi) is 6.77. The first kappa shape index (κ1) is 18.0. The first-order valence-electron chi connectivity index (χ1n) is 7.35.